The van der Waals surface area contributed by atoms with E-state index in [0.29, 0.717) is 5.56 Å². The van der Waals surface area contributed by atoms with Crippen molar-refractivity contribution in [1.29, 1.82) is 0 Å². The lowest BCUT2D eigenvalue weighted by Crippen LogP contribution is -2.38. The lowest BCUT2D eigenvalue weighted by molar-refractivity contribution is -0.216. The summed E-state index contributed by atoms with van der Waals surface area (Å²) in [4.78, 5) is 0. The maximum Gasteiger partial charge on any atom is 0.523 e. The number of benzene rings is 1. The second-order valence-corrected chi connectivity index (χ2v) is 5.59. The van der Waals surface area contributed by atoms with E-state index in [1.807, 2.05) is 0 Å². The molecule has 1 aliphatic rings. The Labute approximate surface area is 113 Å². The molecule has 0 radical (unpaired) electrons. The Morgan fingerprint density at radius 3 is 2.15 bits per heavy atom. The van der Waals surface area contributed by atoms with E-state index in [1.54, 1.807) is 30.3 Å². The van der Waals surface area contributed by atoms with Gasteiger partial charge in [-0.2, -0.15) is 21.6 Å². The van der Waals surface area contributed by atoms with E-state index >= 15 is 0 Å². The molecular formula is C11H11F3O5S. The summed E-state index contributed by atoms with van der Waals surface area (Å²) in [7, 11) is -5.64. The van der Waals surface area contributed by atoms with E-state index in [4.69, 9.17) is 9.47 Å². The summed E-state index contributed by atoms with van der Waals surface area (Å²) in [6, 6.07) is 8.72. The number of hydrogen-bond acceptors (Lipinski definition) is 5. The number of alkyl halides is 3. The van der Waals surface area contributed by atoms with Gasteiger partial charge in [-0.05, 0) is 0 Å². The minimum Gasteiger partial charge on any atom is -0.346 e. The van der Waals surface area contributed by atoms with Crippen molar-refractivity contribution in [2.24, 2.45) is 0 Å². The molecular weight excluding hydrogens is 301 g/mol. The van der Waals surface area contributed by atoms with Gasteiger partial charge in [0.2, 0.25) is 0 Å². The molecule has 0 atom stereocenters. The van der Waals surface area contributed by atoms with Crippen molar-refractivity contribution in [3.05, 3.63) is 35.9 Å². The van der Waals surface area contributed by atoms with Crippen molar-refractivity contribution < 1.29 is 35.2 Å². The van der Waals surface area contributed by atoms with Gasteiger partial charge in [0.15, 0.2) is 6.29 Å². The third-order valence-electron chi connectivity index (χ3n) is 2.48. The summed E-state index contributed by atoms with van der Waals surface area (Å²) in [5, 5.41) is 0. The Kier molecular flexibility index (Phi) is 4.33. The van der Waals surface area contributed by atoms with Gasteiger partial charge in [-0.3, -0.25) is 4.18 Å². The fourth-order valence-corrected chi connectivity index (χ4v) is 2.16. The zero-order valence-electron chi connectivity index (χ0n) is 10.0. The molecule has 2 rings (SSSR count). The highest BCUT2D eigenvalue weighted by molar-refractivity contribution is 7.87. The van der Waals surface area contributed by atoms with Crippen LogP contribution >= 0.6 is 0 Å². The summed E-state index contributed by atoms with van der Waals surface area (Å²) in [6.45, 7) is -0.621. The maximum absolute atomic E-state index is 12.1. The van der Waals surface area contributed by atoms with Gasteiger partial charge in [-0.1, -0.05) is 30.3 Å². The molecule has 0 amide bonds. The first kappa shape index (κ1) is 15.2. The van der Waals surface area contributed by atoms with E-state index in [0.717, 1.165) is 0 Å². The predicted octanol–water partition coefficient (Wildman–Crippen LogP) is 1.97. The van der Waals surface area contributed by atoms with Crippen LogP contribution in [0.5, 0.6) is 0 Å². The van der Waals surface area contributed by atoms with E-state index in [2.05, 4.69) is 4.18 Å². The fraction of sp³-hybridized carbons (Fsp3) is 0.455. The van der Waals surface area contributed by atoms with E-state index in [-0.39, 0.29) is 13.2 Å². The van der Waals surface area contributed by atoms with Gasteiger partial charge < -0.3 is 9.47 Å². The second kappa shape index (κ2) is 5.68. The van der Waals surface area contributed by atoms with Crippen LogP contribution in [-0.2, 0) is 23.8 Å². The molecule has 0 unspecified atom stereocenters. The van der Waals surface area contributed by atoms with Crippen LogP contribution in [0.15, 0.2) is 30.3 Å². The lowest BCUT2D eigenvalue weighted by atomic mass is 10.2. The zero-order chi connectivity index (χ0) is 14.8. The van der Waals surface area contributed by atoms with Crippen molar-refractivity contribution in [2.45, 2.75) is 17.9 Å². The summed E-state index contributed by atoms with van der Waals surface area (Å²) in [5.41, 5.74) is -4.77. The van der Waals surface area contributed by atoms with Crippen LogP contribution in [0.1, 0.15) is 11.9 Å². The molecule has 9 heteroatoms. The fourth-order valence-electron chi connectivity index (χ4n) is 1.58. The molecule has 112 valence electrons. The third-order valence-corrected chi connectivity index (χ3v) is 3.58. The van der Waals surface area contributed by atoms with Crippen LogP contribution in [0.25, 0.3) is 0 Å². The lowest BCUT2D eigenvalue weighted by Gasteiger charge is -2.29. The molecule has 5 nitrogen and oxygen atoms in total. The minimum absolute atomic E-state index is 0.311. The molecule has 0 saturated carbocycles. The first-order chi connectivity index (χ1) is 9.29. The summed E-state index contributed by atoms with van der Waals surface area (Å²) < 4.78 is 72.4. The SMILES string of the molecule is O=S(=O)(O[C@H]1CO[C@@H](c2ccccc2)OC1)C(F)(F)F. The average molecular weight is 312 g/mol. The highest BCUT2D eigenvalue weighted by atomic mass is 32.2. The zero-order valence-corrected chi connectivity index (χ0v) is 10.9. The van der Waals surface area contributed by atoms with Crippen molar-refractivity contribution >= 4 is 10.1 Å². The molecule has 1 aliphatic heterocycles. The smallest absolute Gasteiger partial charge is 0.346 e. The van der Waals surface area contributed by atoms with Crippen LogP contribution in [0.2, 0.25) is 0 Å². The average Bonchev–Trinajstić information content (AvgIpc) is 2.39. The van der Waals surface area contributed by atoms with Crippen molar-refractivity contribution in [3.63, 3.8) is 0 Å². The number of hydrogen-bond donors (Lipinski definition) is 0. The molecule has 0 spiro atoms. The van der Waals surface area contributed by atoms with Crippen LogP contribution in [0.3, 0.4) is 0 Å². The number of halogens is 3. The first-order valence-corrected chi connectivity index (χ1v) is 6.98. The molecule has 20 heavy (non-hydrogen) atoms. The highest BCUT2D eigenvalue weighted by Gasteiger charge is 2.49. The van der Waals surface area contributed by atoms with Crippen molar-refractivity contribution in [1.82, 2.24) is 0 Å². The molecule has 1 fully saturated rings. The highest BCUT2D eigenvalue weighted by Crippen LogP contribution is 2.29. The van der Waals surface area contributed by atoms with Crippen LogP contribution in [-0.4, -0.2) is 33.2 Å². The van der Waals surface area contributed by atoms with E-state index in [9.17, 15) is 21.6 Å². The standard InChI is InChI=1S/C11H11F3O5S/c12-11(13,14)20(15,16)19-9-6-17-10(18-7-9)8-4-2-1-3-5-8/h1-5,9-10H,6-7H2/t9-,10+. The third kappa shape index (κ3) is 3.48. The Bertz CT molecular complexity index is 535. The maximum atomic E-state index is 12.1. The molecule has 1 aromatic rings. The molecule has 0 aromatic heterocycles. The van der Waals surface area contributed by atoms with Gasteiger partial charge >= 0.3 is 15.6 Å². The molecule has 0 bridgehead atoms. The Hall–Kier alpha value is -1.16. The molecule has 1 saturated heterocycles. The molecule has 0 aliphatic carbocycles. The summed E-state index contributed by atoms with van der Waals surface area (Å²) in [5.74, 6) is 0. The van der Waals surface area contributed by atoms with Gasteiger partial charge in [0.1, 0.15) is 6.10 Å². The van der Waals surface area contributed by atoms with Gasteiger partial charge in [0.25, 0.3) is 0 Å². The molecule has 0 N–H and O–H groups in total. The van der Waals surface area contributed by atoms with E-state index < -0.39 is 28.0 Å². The number of rotatable bonds is 3. The second-order valence-electron chi connectivity index (χ2n) is 4.03. The van der Waals surface area contributed by atoms with Gasteiger partial charge in [0.05, 0.1) is 13.2 Å². The monoisotopic (exact) mass is 312 g/mol. The normalized spacial score (nSPS) is 24.6. The summed E-state index contributed by atoms with van der Waals surface area (Å²) in [6.07, 6.45) is -2.06. The van der Waals surface area contributed by atoms with Crippen molar-refractivity contribution in [2.75, 3.05) is 13.2 Å². The number of ether oxygens (including phenoxy) is 2. The quantitative estimate of drug-likeness (QED) is 0.631. The summed E-state index contributed by atoms with van der Waals surface area (Å²) >= 11 is 0. The van der Waals surface area contributed by atoms with Gasteiger partial charge in [-0.25, -0.2) is 0 Å². The Morgan fingerprint density at radius 2 is 1.65 bits per heavy atom. The minimum atomic E-state index is -5.64. The largest absolute Gasteiger partial charge is 0.523 e. The van der Waals surface area contributed by atoms with Crippen LogP contribution < -0.4 is 0 Å². The van der Waals surface area contributed by atoms with Crippen molar-refractivity contribution in [3.8, 4) is 0 Å². The van der Waals surface area contributed by atoms with E-state index in [1.165, 1.54) is 0 Å². The Morgan fingerprint density at radius 1 is 1.10 bits per heavy atom. The Balaban J connectivity index is 1.93. The van der Waals surface area contributed by atoms with Crippen LogP contribution in [0.4, 0.5) is 13.2 Å². The van der Waals surface area contributed by atoms with Gasteiger partial charge in [-0.15, -0.1) is 0 Å². The molecule has 1 heterocycles. The first-order valence-electron chi connectivity index (χ1n) is 5.57. The van der Waals surface area contributed by atoms with Gasteiger partial charge in [0, 0.05) is 5.56 Å². The topological polar surface area (TPSA) is 61.8 Å². The van der Waals surface area contributed by atoms with Crippen LogP contribution in [0, 0.1) is 0 Å². The molecule has 1 aromatic carbocycles. The predicted molar refractivity (Wildman–Crippen MR) is 60.9 cm³/mol.